The van der Waals surface area contributed by atoms with E-state index in [1.807, 2.05) is 35.2 Å². The van der Waals surface area contributed by atoms with E-state index in [1.165, 1.54) is 10.9 Å². The minimum atomic E-state index is -0.985. The van der Waals surface area contributed by atoms with Gasteiger partial charge in [0.2, 0.25) is 5.91 Å². The average molecular weight is 527 g/mol. The highest BCUT2D eigenvalue weighted by Crippen LogP contribution is 2.33. The molecule has 9 heteroatoms. The van der Waals surface area contributed by atoms with Crippen molar-refractivity contribution < 1.29 is 28.9 Å². The fraction of sp³-hybridized carbons (Fsp3) is 0.429. The molecule has 0 unspecified atom stereocenters. The van der Waals surface area contributed by atoms with Gasteiger partial charge in [0.25, 0.3) is 0 Å². The molecule has 37 heavy (non-hydrogen) atoms. The summed E-state index contributed by atoms with van der Waals surface area (Å²) in [6.45, 7) is 2.94. The van der Waals surface area contributed by atoms with Gasteiger partial charge in [-0.15, -0.1) is 11.3 Å². The molecule has 4 rings (SSSR count). The predicted octanol–water partition coefficient (Wildman–Crippen LogP) is 3.87. The molecule has 2 heterocycles. The van der Waals surface area contributed by atoms with E-state index in [9.17, 15) is 9.59 Å². The van der Waals surface area contributed by atoms with Crippen molar-refractivity contribution in [3.05, 3.63) is 52.4 Å². The summed E-state index contributed by atoms with van der Waals surface area (Å²) in [6.07, 6.45) is 3.04. The van der Waals surface area contributed by atoms with Crippen molar-refractivity contribution in [2.75, 3.05) is 54.1 Å². The highest BCUT2D eigenvalue weighted by Gasteiger charge is 2.22. The summed E-state index contributed by atoms with van der Waals surface area (Å²) >= 11 is 1.65. The van der Waals surface area contributed by atoms with Gasteiger partial charge in [-0.25, -0.2) is 4.79 Å². The molecule has 0 aliphatic carbocycles. The molecule has 0 saturated heterocycles. The zero-order valence-electron chi connectivity index (χ0n) is 21.6. The highest BCUT2D eigenvalue weighted by atomic mass is 32.1. The number of methoxy groups -OCH3 is 2. The summed E-state index contributed by atoms with van der Waals surface area (Å²) < 4.78 is 17.2. The number of nitrogens with zero attached hydrogens (tertiary/aromatic N) is 2. The number of thiophene rings is 1. The summed E-state index contributed by atoms with van der Waals surface area (Å²) in [4.78, 5) is 27.9. The first-order valence-electron chi connectivity index (χ1n) is 12.4. The predicted molar refractivity (Wildman–Crippen MR) is 144 cm³/mol. The molecule has 0 atom stereocenters. The third-order valence-electron chi connectivity index (χ3n) is 6.77. The topological polar surface area (TPSA) is 88.5 Å². The number of carboxylic acids is 1. The van der Waals surface area contributed by atoms with E-state index in [0.29, 0.717) is 30.2 Å². The standard InChI is InChI=1S/C28H34N2O6S/c1-29(11-7-20-18-37-26-16-22(5-6-23(20)26)36-17-28(32)33)9-4-10-30-12-8-19-13-24(34-2)25(35-3)14-21(19)15-27(30)31/h5-6,13-14,16,18H,4,7-12,15,17H2,1-3H3,(H,32,33). The van der Waals surface area contributed by atoms with Crippen LogP contribution in [0.5, 0.6) is 17.2 Å². The van der Waals surface area contributed by atoms with Crippen LogP contribution in [0.25, 0.3) is 10.1 Å². The summed E-state index contributed by atoms with van der Waals surface area (Å²) in [5.41, 5.74) is 3.45. The van der Waals surface area contributed by atoms with Crippen molar-refractivity contribution in [3.8, 4) is 17.2 Å². The molecule has 3 aromatic rings. The van der Waals surface area contributed by atoms with Crippen LogP contribution in [0.15, 0.2) is 35.7 Å². The molecule has 1 aliphatic heterocycles. The van der Waals surface area contributed by atoms with E-state index in [-0.39, 0.29) is 12.5 Å². The number of hydrogen-bond acceptors (Lipinski definition) is 7. The first-order chi connectivity index (χ1) is 17.9. The van der Waals surface area contributed by atoms with Gasteiger partial charge in [0.15, 0.2) is 18.1 Å². The van der Waals surface area contributed by atoms with E-state index in [2.05, 4.69) is 17.3 Å². The lowest BCUT2D eigenvalue weighted by molar-refractivity contribution is -0.139. The van der Waals surface area contributed by atoms with E-state index in [0.717, 1.165) is 54.7 Å². The number of carbonyl (C=O) groups excluding carboxylic acids is 1. The average Bonchev–Trinajstić information content (AvgIpc) is 3.23. The minimum Gasteiger partial charge on any atom is -0.493 e. The number of carbonyl (C=O) groups is 2. The summed E-state index contributed by atoms with van der Waals surface area (Å²) in [6, 6.07) is 9.66. The second kappa shape index (κ2) is 12.3. The van der Waals surface area contributed by atoms with Crippen molar-refractivity contribution >= 4 is 33.3 Å². The van der Waals surface area contributed by atoms with Gasteiger partial charge in [0, 0.05) is 24.3 Å². The smallest absolute Gasteiger partial charge is 0.341 e. The second-order valence-corrected chi connectivity index (χ2v) is 10.2. The van der Waals surface area contributed by atoms with Crippen LogP contribution in [0, 0.1) is 0 Å². The monoisotopic (exact) mass is 526 g/mol. The summed E-state index contributed by atoms with van der Waals surface area (Å²) in [5, 5.41) is 12.1. The molecular formula is C28H34N2O6S. The van der Waals surface area contributed by atoms with E-state index >= 15 is 0 Å². The number of fused-ring (bicyclic) bond motifs is 2. The summed E-state index contributed by atoms with van der Waals surface area (Å²) in [5.74, 6) is 1.11. The van der Waals surface area contributed by atoms with Gasteiger partial charge in [-0.05, 0) is 90.6 Å². The Morgan fingerprint density at radius 3 is 2.59 bits per heavy atom. The number of benzene rings is 2. The zero-order valence-corrected chi connectivity index (χ0v) is 22.4. The van der Waals surface area contributed by atoms with Crippen LogP contribution in [-0.4, -0.2) is 80.8 Å². The van der Waals surface area contributed by atoms with Crippen LogP contribution >= 0.6 is 11.3 Å². The van der Waals surface area contributed by atoms with Crippen molar-refractivity contribution in [1.29, 1.82) is 0 Å². The number of carboxylic acid groups (broad SMARTS) is 1. The number of aliphatic carboxylic acids is 1. The lowest BCUT2D eigenvalue weighted by Gasteiger charge is -2.22. The molecule has 0 radical (unpaired) electrons. The maximum atomic E-state index is 12.9. The van der Waals surface area contributed by atoms with Gasteiger partial charge in [-0.2, -0.15) is 0 Å². The van der Waals surface area contributed by atoms with Gasteiger partial charge in [0.05, 0.1) is 20.6 Å². The SMILES string of the molecule is COc1cc2c(cc1OC)CC(=O)N(CCCN(C)CCc1csc3cc(OCC(=O)O)ccc13)CC2. The van der Waals surface area contributed by atoms with Crippen molar-refractivity contribution in [2.45, 2.75) is 25.7 Å². The Morgan fingerprint density at radius 2 is 1.86 bits per heavy atom. The Bertz CT molecular complexity index is 1260. The lowest BCUT2D eigenvalue weighted by atomic mass is 10.0. The molecule has 8 nitrogen and oxygen atoms in total. The number of ether oxygens (including phenoxy) is 3. The number of hydrogen-bond donors (Lipinski definition) is 1. The van der Waals surface area contributed by atoms with Crippen molar-refractivity contribution in [2.24, 2.45) is 0 Å². The molecule has 1 aromatic heterocycles. The number of amides is 1. The molecule has 1 N–H and O–H groups in total. The van der Waals surface area contributed by atoms with Crippen LogP contribution in [0.2, 0.25) is 0 Å². The fourth-order valence-corrected chi connectivity index (χ4v) is 5.72. The van der Waals surface area contributed by atoms with Crippen molar-refractivity contribution in [3.63, 3.8) is 0 Å². The van der Waals surface area contributed by atoms with Gasteiger partial charge < -0.3 is 29.1 Å². The number of rotatable bonds is 12. The van der Waals surface area contributed by atoms with Crippen LogP contribution in [0.3, 0.4) is 0 Å². The van der Waals surface area contributed by atoms with Crippen LogP contribution in [0.4, 0.5) is 0 Å². The molecule has 0 fully saturated rings. The molecular weight excluding hydrogens is 492 g/mol. The summed E-state index contributed by atoms with van der Waals surface area (Å²) in [7, 11) is 5.36. The highest BCUT2D eigenvalue weighted by molar-refractivity contribution is 7.17. The van der Waals surface area contributed by atoms with E-state index < -0.39 is 5.97 Å². The molecule has 1 amide bonds. The van der Waals surface area contributed by atoms with Gasteiger partial charge in [-0.1, -0.05) is 0 Å². The Kier molecular flexibility index (Phi) is 8.89. The maximum absolute atomic E-state index is 12.9. The van der Waals surface area contributed by atoms with E-state index in [1.54, 1.807) is 25.6 Å². The molecule has 0 spiro atoms. The first-order valence-corrected chi connectivity index (χ1v) is 13.3. The van der Waals surface area contributed by atoms with Crippen LogP contribution < -0.4 is 14.2 Å². The largest absolute Gasteiger partial charge is 0.493 e. The third kappa shape index (κ3) is 6.72. The lowest BCUT2D eigenvalue weighted by Crippen LogP contribution is -2.35. The third-order valence-corrected chi connectivity index (χ3v) is 7.77. The molecule has 0 bridgehead atoms. The normalized spacial score (nSPS) is 13.5. The molecule has 0 saturated carbocycles. The van der Waals surface area contributed by atoms with E-state index in [4.69, 9.17) is 19.3 Å². The van der Waals surface area contributed by atoms with Crippen LogP contribution in [-0.2, 0) is 28.9 Å². The van der Waals surface area contributed by atoms with Crippen LogP contribution in [0.1, 0.15) is 23.1 Å². The van der Waals surface area contributed by atoms with Gasteiger partial charge in [0.1, 0.15) is 5.75 Å². The molecule has 2 aromatic carbocycles. The van der Waals surface area contributed by atoms with Gasteiger partial charge in [-0.3, -0.25) is 4.79 Å². The zero-order chi connectivity index (χ0) is 26.4. The fourth-order valence-electron chi connectivity index (χ4n) is 4.70. The minimum absolute atomic E-state index is 0.157. The molecule has 198 valence electrons. The quantitative estimate of drug-likeness (QED) is 0.383. The Morgan fingerprint density at radius 1 is 1.11 bits per heavy atom. The first kappa shape index (κ1) is 26.8. The second-order valence-electron chi connectivity index (χ2n) is 9.29. The maximum Gasteiger partial charge on any atom is 0.341 e. The molecule has 1 aliphatic rings. The van der Waals surface area contributed by atoms with Gasteiger partial charge >= 0.3 is 5.97 Å². The Labute approximate surface area is 221 Å². The van der Waals surface area contributed by atoms with Crippen molar-refractivity contribution in [1.82, 2.24) is 9.80 Å². The number of likely N-dealkylation sites (N-methyl/N-ethyl adjacent to an activating group) is 1. The Hall–Kier alpha value is -3.30. The Balaban J connectivity index is 1.25.